The van der Waals surface area contributed by atoms with Gasteiger partial charge in [-0.15, -0.1) is 0 Å². The number of likely N-dealkylation sites (tertiary alicyclic amines) is 1. The molecule has 1 N–H and O–H groups in total. The third kappa shape index (κ3) is 4.88. The average molecular weight is 366 g/mol. The van der Waals surface area contributed by atoms with E-state index in [9.17, 15) is 9.59 Å². The molecule has 5 nitrogen and oxygen atoms in total. The molecule has 2 atom stereocenters. The Hall–Kier alpha value is -2.82. The highest BCUT2D eigenvalue weighted by Gasteiger charge is 2.26. The van der Waals surface area contributed by atoms with Crippen molar-refractivity contribution in [2.24, 2.45) is 11.8 Å². The summed E-state index contributed by atoms with van der Waals surface area (Å²) in [5, 5.41) is 2.85. The summed E-state index contributed by atoms with van der Waals surface area (Å²) in [6, 6.07) is 9.00. The molecule has 1 aliphatic rings. The SMILES string of the molecule is Cc1ccc(C(=O)N2CC(C)CC(C)C2)cc1NC(=O)C=Cc1ccco1. The number of hydrogen-bond donors (Lipinski definition) is 1. The number of piperidine rings is 1. The molecule has 2 aromatic rings. The van der Waals surface area contributed by atoms with Crippen molar-refractivity contribution in [3.05, 3.63) is 59.6 Å². The second kappa shape index (κ2) is 8.25. The van der Waals surface area contributed by atoms with Gasteiger partial charge in [-0.3, -0.25) is 9.59 Å². The Morgan fingerprint density at radius 3 is 2.59 bits per heavy atom. The molecule has 2 heterocycles. The minimum absolute atomic E-state index is 0.0232. The Balaban J connectivity index is 1.72. The van der Waals surface area contributed by atoms with E-state index >= 15 is 0 Å². The van der Waals surface area contributed by atoms with Crippen LogP contribution in [0.1, 0.15) is 41.9 Å². The third-order valence-corrected chi connectivity index (χ3v) is 4.84. The van der Waals surface area contributed by atoms with Gasteiger partial charge in [0.15, 0.2) is 0 Å². The fraction of sp³-hybridized carbons (Fsp3) is 0.364. The highest BCUT2D eigenvalue weighted by Crippen LogP contribution is 2.24. The zero-order valence-electron chi connectivity index (χ0n) is 16.1. The number of nitrogens with one attached hydrogen (secondary N) is 1. The van der Waals surface area contributed by atoms with E-state index in [-0.39, 0.29) is 11.8 Å². The van der Waals surface area contributed by atoms with Gasteiger partial charge in [0.05, 0.1) is 6.26 Å². The average Bonchev–Trinajstić information content (AvgIpc) is 3.14. The molecule has 0 spiro atoms. The number of nitrogens with zero attached hydrogens (tertiary/aromatic N) is 1. The largest absolute Gasteiger partial charge is 0.465 e. The Labute approximate surface area is 160 Å². The Kier molecular flexibility index (Phi) is 5.79. The van der Waals surface area contributed by atoms with Crippen LogP contribution in [0.5, 0.6) is 0 Å². The molecule has 1 aromatic heterocycles. The number of carbonyl (C=O) groups is 2. The van der Waals surface area contributed by atoms with Gasteiger partial charge >= 0.3 is 0 Å². The lowest BCUT2D eigenvalue weighted by atomic mass is 9.91. The van der Waals surface area contributed by atoms with Crippen LogP contribution in [0.25, 0.3) is 6.08 Å². The molecule has 1 aromatic carbocycles. The highest BCUT2D eigenvalue weighted by atomic mass is 16.3. The fourth-order valence-electron chi connectivity index (χ4n) is 3.62. The molecule has 5 heteroatoms. The number of amides is 2. The first kappa shape index (κ1) is 19.0. The summed E-state index contributed by atoms with van der Waals surface area (Å²) in [6.45, 7) is 7.84. The molecule has 2 amide bonds. The van der Waals surface area contributed by atoms with E-state index in [0.29, 0.717) is 28.8 Å². The number of carbonyl (C=O) groups excluding carboxylic acids is 2. The van der Waals surface area contributed by atoms with E-state index in [2.05, 4.69) is 19.2 Å². The maximum absolute atomic E-state index is 12.9. The molecule has 1 saturated heterocycles. The number of rotatable bonds is 4. The predicted molar refractivity (Wildman–Crippen MR) is 106 cm³/mol. The minimum atomic E-state index is -0.265. The summed E-state index contributed by atoms with van der Waals surface area (Å²) in [5.41, 5.74) is 2.16. The lowest BCUT2D eigenvalue weighted by Crippen LogP contribution is -2.42. The van der Waals surface area contributed by atoms with Crippen LogP contribution in [0, 0.1) is 18.8 Å². The summed E-state index contributed by atoms with van der Waals surface area (Å²) in [5.74, 6) is 1.39. The first-order valence-electron chi connectivity index (χ1n) is 9.35. The molecular weight excluding hydrogens is 340 g/mol. The van der Waals surface area contributed by atoms with Gasteiger partial charge in [0.1, 0.15) is 5.76 Å². The maximum Gasteiger partial charge on any atom is 0.253 e. The third-order valence-electron chi connectivity index (χ3n) is 4.84. The highest BCUT2D eigenvalue weighted by molar-refractivity contribution is 6.03. The first-order valence-corrected chi connectivity index (χ1v) is 9.35. The maximum atomic E-state index is 12.9. The predicted octanol–water partition coefficient (Wildman–Crippen LogP) is 4.36. The van der Waals surface area contributed by atoms with Gasteiger partial charge in [-0.25, -0.2) is 0 Å². The van der Waals surface area contributed by atoms with Crippen LogP contribution in [-0.2, 0) is 4.79 Å². The summed E-state index contributed by atoms with van der Waals surface area (Å²) >= 11 is 0. The second-order valence-corrected chi connectivity index (χ2v) is 7.52. The van der Waals surface area contributed by atoms with Crippen LogP contribution in [0.2, 0.25) is 0 Å². The van der Waals surface area contributed by atoms with Gasteiger partial charge < -0.3 is 14.6 Å². The van der Waals surface area contributed by atoms with Gasteiger partial charge in [-0.05, 0) is 61.1 Å². The molecule has 3 rings (SSSR count). The van der Waals surface area contributed by atoms with E-state index in [0.717, 1.165) is 25.1 Å². The van der Waals surface area contributed by atoms with Crippen molar-refractivity contribution in [2.45, 2.75) is 27.2 Å². The van der Waals surface area contributed by atoms with Gasteiger partial charge in [0.25, 0.3) is 5.91 Å². The van der Waals surface area contributed by atoms with Gasteiger partial charge in [0.2, 0.25) is 5.91 Å². The van der Waals surface area contributed by atoms with Crippen LogP contribution in [0.15, 0.2) is 47.1 Å². The molecule has 0 radical (unpaired) electrons. The summed E-state index contributed by atoms with van der Waals surface area (Å²) < 4.78 is 5.18. The quantitative estimate of drug-likeness (QED) is 0.818. The molecule has 1 aliphatic heterocycles. The van der Waals surface area contributed by atoms with Crippen molar-refractivity contribution in [3.63, 3.8) is 0 Å². The molecule has 0 bridgehead atoms. The standard InChI is InChI=1S/C22H26N2O3/c1-15-11-16(2)14-24(13-15)22(26)18-7-6-17(3)20(12-18)23-21(25)9-8-19-5-4-10-27-19/h4-10,12,15-16H,11,13-14H2,1-3H3,(H,23,25). The normalized spacial score (nSPS) is 20.0. The van der Waals surface area contributed by atoms with Crippen LogP contribution in [-0.4, -0.2) is 29.8 Å². The fourth-order valence-corrected chi connectivity index (χ4v) is 3.62. The smallest absolute Gasteiger partial charge is 0.253 e. The molecule has 1 fully saturated rings. The van der Waals surface area contributed by atoms with Crippen molar-refractivity contribution in [3.8, 4) is 0 Å². The summed E-state index contributed by atoms with van der Waals surface area (Å²) in [4.78, 5) is 27.0. The van der Waals surface area contributed by atoms with E-state index < -0.39 is 0 Å². The van der Waals surface area contributed by atoms with Crippen molar-refractivity contribution in [1.29, 1.82) is 0 Å². The first-order chi connectivity index (χ1) is 12.9. The van der Waals surface area contributed by atoms with Crippen LogP contribution in [0.4, 0.5) is 5.69 Å². The van der Waals surface area contributed by atoms with E-state index in [1.54, 1.807) is 30.5 Å². The Morgan fingerprint density at radius 2 is 1.93 bits per heavy atom. The molecule has 27 heavy (non-hydrogen) atoms. The van der Waals surface area contributed by atoms with Gasteiger partial charge in [-0.2, -0.15) is 0 Å². The van der Waals surface area contributed by atoms with Crippen LogP contribution in [0.3, 0.4) is 0 Å². The molecule has 2 unspecified atom stereocenters. The topological polar surface area (TPSA) is 62.6 Å². The van der Waals surface area contributed by atoms with Crippen molar-refractivity contribution in [1.82, 2.24) is 4.90 Å². The molecule has 0 saturated carbocycles. The van der Waals surface area contributed by atoms with E-state index in [1.807, 2.05) is 24.0 Å². The van der Waals surface area contributed by atoms with Crippen LogP contribution >= 0.6 is 0 Å². The lowest BCUT2D eigenvalue weighted by Gasteiger charge is -2.35. The van der Waals surface area contributed by atoms with Crippen molar-refractivity contribution < 1.29 is 14.0 Å². The number of benzene rings is 1. The number of hydrogen-bond acceptors (Lipinski definition) is 3. The van der Waals surface area contributed by atoms with E-state index in [4.69, 9.17) is 4.42 Å². The number of anilines is 1. The van der Waals surface area contributed by atoms with Gasteiger partial charge in [0, 0.05) is 30.4 Å². The summed E-state index contributed by atoms with van der Waals surface area (Å²) in [6.07, 6.45) is 5.73. The molecular formula is C22H26N2O3. The summed E-state index contributed by atoms with van der Waals surface area (Å²) in [7, 11) is 0. The van der Waals surface area contributed by atoms with Crippen LogP contribution < -0.4 is 5.32 Å². The number of aryl methyl sites for hydroxylation is 1. The minimum Gasteiger partial charge on any atom is -0.465 e. The van der Waals surface area contributed by atoms with Crippen molar-refractivity contribution >= 4 is 23.6 Å². The Morgan fingerprint density at radius 1 is 1.19 bits per heavy atom. The van der Waals surface area contributed by atoms with Crippen molar-refractivity contribution in [2.75, 3.05) is 18.4 Å². The number of furan rings is 1. The van der Waals surface area contributed by atoms with Gasteiger partial charge in [-0.1, -0.05) is 19.9 Å². The Bertz CT molecular complexity index is 829. The monoisotopic (exact) mass is 366 g/mol. The zero-order chi connectivity index (χ0) is 19.4. The molecule has 0 aliphatic carbocycles. The lowest BCUT2D eigenvalue weighted by molar-refractivity contribution is -0.111. The molecule has 142 valence electrons. The van der Waals surface area contributed by atoms with E-state index in [1.165, 1.54) is 6.08 Å². The second-order valence-electron chi connectivity index (χ2n) is 7.52. The zero-order valence-corrected chi connectivity index (χ0v) is 16.1.